The van der Waals surface area contributed by atoms with Crippen LogP contribution >= 0.6 is 0 Å². The van der Waals surface area contributed by atoms with Crippen molar-refractivity contribution in [2.75, 3.05) is 20.2 Å². The molecule has 0 radical (unpaired) electrons. The molecule has 4 heteroatoms. The standard InChI is InChI=1S/C20H29NO3/c1-21-14-8-7-13-18(21)15-24-19(22)20(23,17-11-5-6-12-17)16-9-3-2-4-10-16/h2-4,9-10,17-18,23H,5-8,11-15H2,1H3/t18-,20-/m0/s1. The Morgan fingerprint density at radius 2 is 1.83 bits per heavy atom. The fourth-order valence-corrected chi connectivity index (χ4v) is 4.19. The molecule has 1 heterocycles. The number of aliphatic hydroxyl groups is 1. The van der Waals surface area contributed by atoms with Crippen molar-refractivity contribution in [1.82, 2.24) is 4.90 Å². The number of nitrogens with zero attached hydrogens (tertiary/aromatic N) is 1. The highest BCUT2D eigenvalue weighted by molar-refractivity contribution is 5.81. The fourth-order valence-electron chi connectivity index (χ4n) is 4.19. The molecule has 4 nitrogen and oxygen atoms in total. The second-order valence-electron chi connectivity index (χ2n) is 7.34. The first-order valence-electron chi connectivity index (χ1n) is 9.27. The van der Waals surface area contributed by atoms with Crippen molar-refractivity contribution in [1.29, 1.82) is 0 Å². The fraction of sp³-hybridized carbons (Fsp3) is 0.650. The van der Waals surface area contributed by atoms with Gasteiger partial charge >= 0.3 is 5.97 Å². The molecule has 1 N–H and O–H groups in total. The van der Waals surface area contributed by atoms with E-state index in [1.165, 1.54) is 12.8 Å². The second-order valence-corrected chi connectivity index (χ2v) is 7.34. The number of benzene rings is 1. The van der Waals surface area contributed by atoms with Crippen molar-refractivity contribution in [2.24, 2.45) is 5.92 Å². The average Bonchev–Trinajstić information content (AvgIpc) is 3.16. The molecule has 2 atom stereocenters. The summed E-state index contributed by atoms with van der Waals surface area (Å²) in [5.74, 6) is -0.518. The van der Waals surface area contributed by atoms with Crippen LogP contribution in [0.15, 0.2) is 30.3 Å². The summed E-state index contributed by atoms with van der Waals surface area (Å²) < 4.78 is 5.65. The maximum Gasteiger partial charge on any atom is 0.343 e. The Bertz CT molecular complexity index is 541. The number of esters is 1. The molecule has 0 amide bonds. The smallest absolute Gasteiger partial charge is 0.343 e. The van der Waals surface area contributed by atoms with Crippen LogP contribution in [0.3, 0.4) is 0 Å². The minimum absolute atomic E-state index is 0.0449. The van der Waals surface area contributed by atoms with Gasteiger partial charge in [0.25, 0.3) is 0 Å². The van der Waals surface area contributed by atoms with Gasteiger partial charge in [-0.3, -0.25) is 0 Å². The van der Waals surface area contributed by atoms with Gasteiger partial charge in [0.1, 0.15) is 6.61 Å². The lowest BCUT2D eigenvalue weighted by Gasteiger charge is -2.35. The molecule has 0 spiro atoms. The lowest BCUT2D eigenvalue weighted by Crippen LogP contribution is -2.46. The predicted octanol–water partition coefficient (Wildman–Crippen LogP) is 3.09. The highest BCUT2D eigenvalue weighted by Gasteiger charge is 2.48. The van der Waals surface area contributed by atoms with E-state index in [9.17, 15) is 9.90 Å². The Kier molecular flexibility index (Phi) is 5.57. The Morgan fingerprint density at radius 1 is 1.17 bits per heavy atom. The molecule has 1 aromatic carbocycles. The van der Waals surface area contributed by atoms with Crippen LogP contribution in [0, 0.1) is 5.92 Å². The zero-order valence-corrected chi connectivity index (χ0v) is 14.6. The predicted molar refractivity (Wildman–Crippen MR) is 93.5 cm³/mol. The third kappa shape index (κ3) is 3.50. The van der Waals surface area contributed by atoms with E-state index in [1.807, 2.05) is 30.3 Å². The topological polar surface area (TPSA) is 49.8 Å². The van der Waals surface area contributed by atoms with Gasteiger partial charge in [-0.2, -0.15) is 0 Å². The summed E-state index contributed by atoms with van der Waals surface area (Å²) >= 11 is 0. The number of rotatable bonds is 5. The monoisotopic (exact) mass is 331 g/mol. The first-order valence-corrected chi connectivity index (χ1v) is 9.27. The Labute approximate surface area is 144 Å². The lowest BCUT2D eigenvalue weighted by atomic mass is 9.80. The van der Waals surface area contributed by atoms with Crippen LogP contribution in [0.2, 0.25) is 0 Å². The summed E-state index contributed by atoms with van der Waals surface area (Å²) in [6.45, 7) is 1.42. The van der Waals surface area contributed by atoms with Gasteiger partial charge in [0, 0.05) is 12.0 Å². The Hall–Kier alpha value is -1.39. The molecule has 1 aliphatic heterocycles. The molecule has 1 aliphatic carbocycles. The number of piperidine rings is 1. The molecule has 0 bridgehead atoms. The first-order chi connectivity index (χ1) is 11.6. The number of hydrogen-bond donors (Lipinski definition) is 1. The van der Waals surface area contributed by atoms with Crippen molar-refractivity contribution in [3.8, 4) is 0 Å². The lowest BCUT2D eigenvalue weighted by molar-refractivity contribution is -0.175. The Morgan fingerprint density at radius 3 is 2.50 bits per heavy atom. The van der Waals surface area contributed by atoms with E-state index < -0.39 is 11.6 Å². The van der Waals surface area contributed by atoms with Crippen molar-refractivity contribution >= 4 is 5.97 Å². The number of ether oxygens (including phenoxy) is 1. The summed E-state index contributed by atoms with van der Waals surface area (Å²) in [4.78, 5) is 15.2. The highest BCUT2D eigenvalue weighted by Crippen LogP contribution is 2.41. The van der Waals surface area contributed by atoms with Crippen LogP contribution in [-0.4, -0.2) is 42.2 Å². The van der Waals surface area contributed by atoms with Gasteiger partial charge in [-0.25, -0.2) is 4.79 Å². The van der Waals surface area contributed by atoms with E-state index in [-0.39, 0.29) is 12.0 Å². The molecule has 1 saturated heterocycles. The van der Waals surface area contributed by atoms with Gasteiger partial charge in [0.2, 0.25) is 0 Å². The maximum absolute atomic E-state index is 12.9. The largest absolute Gasteiger partial charge is 0.462 e. The third-order valence-corrected chi connectivity index (χ3v) is 5.80. The summed E-state index contributed by atoms with van der Waals surface area (Å²) in [6, 6.07) is 9.60. The quantitative estimate of drug-likeness (QED) is 0.843. The molecule has 2 aliphatic rings. The highest BCUT2D eigenvalue weighted by atomic mass is 16.6. The third-order valence-electron chi connectivity index (χ3n) is 5.80. The number of carbonyl (C=O) groups excluding carboxylic acids is 1. The van der Waals surface area contributed by atoms with Gasteiger partial charge in [-0.15, -0.1) is 0 Å². The van der Waals surface area contributed by atoms with Gasteiger partial charge in [-0.05, 0) is 44.8 Å². The molecular weight excluding hydrogens is 302 g/mol. The molecule has 3 rings (SSSR count). The first kappa shape index (κ1) is 17.4. The van der Waals surface area contributed by atoms with Crippen LogP contribution in [0.5, 0.6) is 0 Å². The van der Waals surface area contributed by atoms with Gasteiger partial charge < -0.3 is 14.7 Å². The minimum Gasteiger partial charge on any atom is -0.462 e. The zero-order valence-electron chi connectivity index (χ0n) is 14.6. The molecule has 24 heavy (non-hydrogen) atoms. The normalized spacial score (nSPS) is 25.3. The number of likely N-dealkylation sites (N-methyl/N-ethyl adjacent to an activating group) is 1. The van der Waals surface area contributed by atoms with Crippen LogP contribution in [0.4, 0.5) is 0 Å². The van der Waals surface area contributed by atoms with E-state index in [4.69, 9.17) is 4.74 Å². The molecular formula is C20H29NO3. The summed E-state index contributed by atoms with van der Waals surface area (Å²) in [7, 11) is 2.08. The van der Waals surface area contributed by atoms with Gasteiger partial charge in [0.15, 0.2) is 5.60 Å². The van der Waals surface area contributed by atoms with Crippen molar-refractivity contribution in [3.05, 3.63) is 35.9 Å². The van der Waals surface area contributed by atoms with Gasteiger partial charge in [-0.1, -0.05) is 49.6 Å². The maximum atomic E-state index is 12.9. The SMILES string of the molecule is CN1CCCC[C@H]1COC(=O)[C@](O)(c1ccccc1)C1CCCC1. The molecule has 0 unspecified atom stereocenters. The van der Waals surface area contributed by atoms with Crippen LogP contribution in [-0.2, 0) is 15.1 Å². The van der Waals surface area contributed by atoms with Crippen molar-refractivity contribution in [2.45, 2.75) is 56.6 Å². The molecule has 1 aromatic rings. The van der Waals surface area contributed by atoms with E-state index >= 15 is 0 Å². The minimum atomic E-state index is -1.51. The average molecular weight is 331 g/mol. The van der Waals surface area contributed by atoms with Crippen LogP contribution in [0.25, 0.3) is 0 Å². The second kappa shape index (κ2) is 7.66. The summed E-state index contributed by atoms with van der Waals surface area (Å²) in [6.07, 6.45) is 7.33. The van der Waals surface area contributed by atoms with E-state index in [0.717, 1.165) is 38.6 Å². The summed E-state index contributed by atoms with van der Waals surface area (Å²) in [5.41, 5.74) is -0.843. The molecule has 132 valence electrons. The van der Waals surface area contributed by atoms with Crippen LogP contribution < -0.4 is 0 Å². The van der Waals surface area contributed by atoms with E-state index in [0.29, 0.717) is 12.2 Å². The summed E-state index contributed by atoms with van der Waals surface area (Å²) in [5, 5.41) is 11.4. The van der Waals surface area contributed by atoms with Crippen LogP contribution in [0.1, 0.15) is 50.5 Å². The van der Waals surface area contributed by atoms with E-state index in [2.05, 4.69) is 11.9 Å². The number of hydrogen-bond acceptors (Lipinski definition) is 4. The van der Waals surface area contributed by atoms with Crippen molar-refractivity contribution in [3.63, 3.8) is 0 Å². The molecule has 2 fully saturated rings. The van der Waals surface area contributed by atoms with Gasteiger partial charge in [0.05, 0.1) is 0 Å². The molecule has 1 saturated carbocycles. The molecule has 0 aromatic heterocycles. The zero-order chi connectivity index (χ0) is 17.0. The van der Waals surface area contributed by atoms with E-state index in [1.54, 1.807) is 0 Å². The Balaban J connectivity index is 1.74. The number of carbonyl (C=O) groups is 1. The van der Waals surface area contributed by atoms with Crippen molar-refractivity contribution < 1.29 is 14.6 Å². The number of likely N-dealkylation sites (tertiary alicyclic amines) is 1.